The summed E-state index contributed by atoms with van der Waals surface area (Å²) in [5.74, 6) is -2.56. The summed E-state index contributed by atoms with van der Waals surface area (Å²) in [7, 11) is 0. The Morgan fingerprint density at radius 2 is 1.39 bits per heavy atom. The minimum absolute atomic E-state index is 0. The summed E-state index contributed by atoms with van der Waals surface area (Å²) in [6.45, 7) is 2.16. The van der Waals surface area contributed by atoms with E-state index in [1.807, 2.05) is 0 Å². The second-order valence-electron chi connectivity index (χ2n) is 5.75. The number of carbonyl (C=O) groups is 2. The smallest absolute Gasteiger partial charge is 1.00 e. The third-order valence-electron chi connectivity index (χ3n) is 4.15. The van der Waals surface area contributed by atoms with Crippen LogP contribution in [0.2, 0.25) is 0 Å². The van der Waals surface area contributed by atoms with Gasteiger partial charge < -0.3 is 11.6 Å². The molecule has 1 aromatic carbocycles. The van der Waals surface area contributed by atoms with E-state index in [0.717, 1.165) is 19.3 Å². The fourth-order valence-electron chi connectivity index (χ4n) is 2.77. The van der Waals surface area contributed by atoms with Crippen molar-refractivity contribution < 1.29 is 72.6 Å². The predicted molar refractivity (Wildman–Crippen MR) is 87.1 cm³/mol. The number of unbranched alkanes of at least 4 members (excludes halogenated alkanes) is 6. The molecule has 0 fully saturated rings. The zero-order chi connectivity index (χ0) is 16.4. The van der Waals surface area contributed by atoms with Crippen LogP contribution in [0, 0.1) is 0 Å². The normalized spacial score (nSPS) is 10.8. The van der Waals surface area contributed by atoms with Crippen LogP contribution in [0.3, 0.4) is 0 Å². The molecule has 0 aliphatic rings. The molecule has 0 aromatic heterocycles. The minimum Gasteiger partial charge on any atom is -1.00 e. The first-order valence-corrected chi connectivity index (χ1v) is 8.08. The number of hydrogen-bond donors (Lipinski definition) is 2. The van der Waals surface area contributed by atoms with Crippen LogP contribution in [-0.2, 0) is 15.0 Å². The molecule has 1 rings (SSSR count). The van der Waals surface area contributed by atoms with E-state index in [9.17, 15) is 19.8 Å². The van der Waals surface area contributed by atoms with Crippen molar-refractivity contribution in [3.63, 3.8) is 0 Å². The molecule has 0 aliphatic heterocycles. The van der Waals surface area contributed by atoms with Crippen LogP contribution < -0.4 is 51.4 Å². The van der Waals surface area contributed by atoms with Crippen molar-refractivity contribution >= 4 is 11.9 Å². The molecule has 0 saturated heterocycles. The van der Waals surface area contributed by atoms with Gasteiger partial charge in [-0.25, -0.2) is 0 Å². The summed E-state index contributed by atoms with van der Waals surface area (Å²) in [4.78, 5) is 23.4. The molecule has 0 atom stereocenters. The molecule has 0 radical (unpaired) electrons. The summed E-state index contributed by atoms with van der Waals surface area (Å²) in [5.41, 5.74) is -1.48. The van der Waals surface area contributed by atoms with E-state index in [0.29, 0.717) is 12.0 Å². The quantitative estimate of drug-likeness (QED) is 0.360. The van der Waals surface area contributed by atoms with Crippen LogP contribution in [0.15, 0.2) is 30.3 Å². The van der Waals surface area contributed by atoms with Crippen LogP contribution in [0.4, 0.5) is 0 Å². The average Bonchev–Trinajstić information content (AvgIpc) is 2.50. The van der Waals surface area contributed by atoms with Crippen LogP contribution >= 0.6 is 0 Å². The predicted octanol–water partition coefficient (Wildman–Crippen LogP) is 1.35. The van der Waals surface area contributed by atoms with Crippen LogP contribution in [0.5, 0.6) is 0 Å². The first-order valence-electron chi connectivity index (χ1n) is 8.08. The molecule has 0 unspecified atom stereocenters. The van der Waals surface area contributed by atoms with Crippen molar-refractivity contribution in [2.45, 2.75) is 63.7 Å². The summed E-state index contributed by atoms with van der Waals surface area (Å²) in [5, 5.41) is 19.1. The number of carboxylic acids is 2. The maximum Gasteiger partial charge on any atom is 1.00 e. The molecule has 0 bridgehead atoms. The summed E-state index contributed by atoms with van der Waals surface area (Å²) in [6.07, 6.45) is 7.38. The Kier molecular flexibility index (Phi) is 12.1. The largest absolute Gasteiger partial charge is 1.00 e. The van der Waals surface area contributed by atoms with Gasteiger partial charge in [0.05, 0.1) is 0 Å². The van der Waals surface area contributed by atoms with Gasteiger partial charge in [-0.15, -0.1) is 0 Å². The molecular formula is C18H27KO4. The SMILES string of the molecule is CCCCCCCCCC(C(=O)O)(C(=O)O)c1ccccc1.[H-].[K+]. The monoisotopic (exact) mass is 346 g/mol. The molecule has 0 spiro atoms. The van der Waals surface area contributed by atoms with Crippen molar-refractivity contribution in [3.8, 4) is 0 Å². The van der Waals surface area contributed by atoms with E-state index in [-0.39, 0.29) is 59.2 Å². The summed E-state index contributed by atoms with van der Waals surface area (Å²) >= 11 is 0. The molecule has 1 aromatic rings. The molecule has 5 heteroatoms. The van der Waals surface area contributed by atoms with Gasteiger partial charge in [0, 0.05) is 0 Å². The third kappa shape index (κ3) is 6.67. The number of hydrogen-bond acceptors (Lipinski definition) is 2. The Bertz CT molecular complexity index is 465. The Morgan fingerprint density at radius 1 is 0.913 bits per heavy atom. The van der Waals surface area contributed by atoms with Gasteiger partial charge in [-0.3, -0.25) is 9.59 Å². The maximum absolute atomic E-state index is 11.7. The number of rotatable bonds is 11. The first-order chi connectivity index (χ1) is 10.6. The van der Waals surface area contributed by atoms with Gasteiger partial charge in [0.1, 0.15) is 0 Å². The third-order valence-corrected chi connectivity index (χ3v) is 4.15. The molecule has 0 saturated carbocycles. The summed E-state index contributed by atoms with van der Waals surface area (Å²) < 4.78 is 0. The Hall–Kier alpha value is -0.204. The van der Waals surface area contributed by atoms with Crippen molar-refractivity contribution in [2.24, 2.45) is 0 Å². The van der Waals surface area contributed by atoms with Crippen molar-refractivity contribution in [1.82, 2.24) is 0 Å². The van der Waals surface area contributed by atoms with E-state index < -0.39 is 17.4 Å². The van der Waals surface area contributed by atoms with E-state index >= 15 is 0 Å². The van der Waals surface area contributed by atoms with Gasteiger partial charge in [-0.1, -0.05) is 82.2 Å². The van der Waals surface area contributed by atoms with Gasteiger partial charge in [-0.05, 0) is 12.0 Å². The van der Waals surface area contributed by atoms with Crippen molar-refractivity contribution in [2.75, 3.05) is 0 Å². The first kappa shape index (κ1) is 22.8. The second-order valence-corrected chi connectivity index (χ2v) is 5.75. The Balaban J connectivity index is 0. The molecule has 23 heavy (non-hydrogen) atoms. The van der Waals surface area contributed by atoms with Crippen LogP contribution in [-0.4, -0.2) is 22.2 Å². The van der Waals surface area contributed by atoms with E-state index in [2.05, 4.69) is 6.92 Å². The van der Waals surface area contributed by atoms with Gasteiger partial charge in [-0.2, -0.15) is 0 Å². The van der Waals surface area contributed by atoms with E-state index in [1.165, 1.54) is 19.3 Å². The molecule has 124 valence electrons. The molecule has 2 N–H and O–H groups in total. The fourth-order valence-corrected chi connectivity index (χ4v) is 2.77. The number of aliphatic carboxylic acids is 2. The van der Waals surface area contributed by atoms with Crippen molar-refractivity contribution in [3.05, 3.63) is 35.9 Å². The van der Waals surface area contributed by atoms with E-state index in [4.69, 9.17) is 0 Å². The van der Waals surface area contributed by atoms with Gasteiger partial charge in [0.25, 0.3) is 0 Å². The molecular weight excluding hydrogens is 319 g/mol. The van der Waals surface area contributed by atoms with Crippen LogP contribution in [0.25, 0.3) is 0 Å². The zero-order valence-electron chi connectivity index (χ0n) is 15.3. The van der Waals surface area contributed by atoms with Crippen LogP contribution in [0.1, 0.15) is 65.3 Å². The van der Waals surface area contributed by atoms with Crippen molar-refractivity contribution in [1.29, 1.82) is 0 Å². The number of benzene rings is 1. The Labute approximate surface area is 182 Å². The molecule has 0 heterocycles. The van der Waals surface area contributed by atoms with E-state index in [1.54, 1.807) is 30.3 Å². The van der Waals surface area contributed by atoms with Gasteiger partial charge in [0.2, 0.25) is 0 Å². The van der Waals surface area contributed by atoms with Gasteiger partial charge in [0.15, 0.2) is 5.41 Å². The minimum atomic E-state index is -1.83. The fraction of sp³-hybridized carbons (Fsp3) is 0.556. The molecule has 0 aliphatic carbocycles. The standard InChI is InChI=1S/C18H26O4.K.H/c1-2-3-4-5-6-7-11-14-18(16(19)20,17(21)22)15-12-9-8-10-13-15;;/h8-10,12-13H,2-7,11,14H2,1H3,(H,19,20)(H,21,22);;/q;+1;-1. The maximum atomic E-state index is 11.7. The second kappa shape index (κ2) is 12.2. The topological polar surface area (TPSA) is 74.6 Å². The zero-order valence-corrected chi connectivity index (χ0v) is 17.4. The summed E-state index contributed by atoms with van der Waals surface area (Å²) in [6, 6.07) is 8.29. The number of carboxylic acid groups (broad SMARTS) is 2. The van der Waals surface area contributed by atoms with Gasteiger partial charge >= 0.3 is 63.3 Å². The Morgan fingerprint density at radius 3 is 1.87 bits per heavy atom. The molecule has 4 nitrogen and oxygen atoms in total. The molecule has 0 amide bonds. The average molecular weight is 347 g/mol.